The number of fused-ring (bicyclic) bond motifs is 2. The molecular formula is C58H68Cl2N12O4. The zero-order valence-electron chi connectivity index (χ0n) is 44.5. The molecule has 8 rings (SSSR count). The van der Waals surface area contributed by atoms with Crippen molar-refractivity contribution in [2.24, 2.45) is 5.73 Å². The van der Waals surface area contributed by atoms with Gasteiger partial charge in [0, 0.05) is 90.9 Å². The average Bonchev–Trinajstić information content (AvgIpc) is 3.34. The third kappa shape index (κ3) is 16.6. The summed E-state index contributed by atoms with van der Waals surface area (Å²) < 4.78 is 11.6. The summed E-state index contributed by atoms with van der Waals surface area (Å²) >= 11 is 12.2. The molecule has 0 spiro atoms. The van der Waals surface area contributed by atoms with E-state index in [9.17, 15) is 14.4 Å². The fourth-order valence-corrected chi connectivity index (χ4v) is 8.55. The standard InChI is InChI=1S/C30H33ClN6O3.C25H25ClN6O.C2H6.CH4/c1-17-8-27(32)36-18(2)25(17)16-34-28(38)21-12-23(37-24(13-21)15-35-29(39)40-30(3,4)5)10-19-6-7-26-20(9-19)11-22(31)14-33-26;1-14-5-24(28)31-15(2)22(14)13-30-25(33)18-9-20(32-21(10-18)11-27)7-16-3-4-23-17(6-16)8-19(26)12-29-23;1-2;/h6-9,11-14H,10,15-16H2,1-5H3,(H2,32,36)(H,34,38)(H,35,39);3-6,8-10,12H,7,11,13,27H2,1-2H3,(H2,28,31)(H,30,33);1-2H3;1H4/i;;1D;. The second-order valence-electron chi connectivity index (χ2n) is 18.7. The van der Waals surface area contributed by atoms with Gasteiger partial charge in [0.15, 0.2) is 0 Å². The maximum Gasteiger partial charge on any atom is 0.407 e. The van der Waals surface area contributed by atoms with Gasteiger partial charge in [-0.05, 0) is 155 Å². The highest BCUT2D eigenvalue weighted by Gasteiger charge is 2.18. The molecule has 76 heavy (non-hydrogen) atoms. The lowest BCUT2D eigenvalue weighted by Crippen LogP contribution is -2.32. The maximum absolute atomic E-state index is 13.3. The SMILES string of the molecule is C.Cc1cc(N)nc(C)c1CNC(=O)c1cc(CN)nc(Cc2ccc3ncc(Cl)cc3c2)c1.Cc1cc(N)nc(C)c1CNC(=O)c1cc(CNC(=O)OC(C)(C)C)nc(Cc2ccc3ncc(Cl)cc3c2)c1.[2H]CC. The Morgan fingerprint density at radius 3 is 1.45 bits per heavy atom. The first kappa shape index (κ1) is 57.5. The molecule has 0 saturated carbocycles. The van der Waals surface area contributed by atoms with E-state index in [2.05, 4.69) is 40.9 Å². The first-order valence-electron chi connectivity index (χ1n) is 24.9. The number of hydrogen-bond donors (Lipinski definition) is 6. The van der Waals surface area contributed by atoms with Crippen molar-refractivity contribution in [2.75, 3.05) is 11.5 Å². The van der Waals surface area contributed by atoms with Gasteiger partial charge >= 0.3 is 6.09 Å². The van der Waals surface area contributed by atoms with E-state index < -0.39 is 11.7 Å². The Labute approximate surface area is 456 Å². The van der Waals surface area contributed by atoms with Crippen LogP contribution in [-0.2, 0) is 43.8 Å². The van der Waals surface area contributed by atoms with Crippen molar-refractivity contribution in [2.45, 2.75) is 114 Å². The van der Waals surface area contributed by atoms with Crippen LogP contribution in [-0.4, -0.2) is 53.4 Å². The predicted octanol–water partition coefficient (Wildman–Crippen LogP) is 10.9. The minimum atomic E-state index is -0.633. The zero-order valence-corrected chi connectivity index (χ0v) is 45.0. The monoisotopic (exact) mass is 1070 g/mol. The molecule has 0 aliphatic carbocycles. The van der Waals surface area contributed by atoms with Gasteiger partial charge in [0.05, 0.1) is 39.0 Å². The number of anilines is 2. The molecule has 0 atom stereocenters. The summed E-state index contributed by atoms with van der Waals surface area (Å²) in [5.41, 5.74) is 29.5. The van der Waals surface area contributed by atoms with Gasteiger partial charge in [0.1, 0.15) is 17.2 Å². The Morgan fingerprint density at radius 2 is 1.03 bits per heavy atom. The van der Waals surface area contributed by atoms with Gasteiger partial charge in [-0.3, -0.25) is 29.5 Å². The van der Waals surface area contributed by atoms with E-state index in [1.165, 1.54) is 0 Å². The Morgan fingerprint density at radius 1 is 0.605 bits per heavy atom. The van der Waals surface area contributed by atoms with Crippen LogP contribution in [0.25, 0.3) is 21.8 Å². The number of pyridine rings is 6. The summed E-state index contributed by atoms with van der Waals surface area (Å²) in [7, 11) is 0. The van der Waals surface area contributed by atoms with Crippen LogP contribution in [0.1, 0.15) is 132 Å². The van der Waals surface area contributed by atoms with Crippen LogP contribution in [0.15, 0.2) is 97.3 Å². The van der Waals surface area contributed by atoms with Gasteiger partial charge in [0.2, 0.25) is 0 Å². The number of aromatic nitrogens is 6. The van der Waals surface area contributed by atoms with Crippen LogP contribution in [0, 0.1) is 27.7 Å². The lowest BCUT2D eigenvalue weighted by Gasteiger charge is -2.19. The van der Waals surface area contributed by atoms with Gasteiger partial charge in [-0.2, -0.15) is 0 Å². The highest BCUT2D eigenvalue weighted by molar-refractivity contribution is 6.31. The number of carbonyl (C=O) groups is 3. The molecule has 0 bridgehead atoms. The Balaban J connectivity index is 0.000000271. The van der Waals surface area contributed by atoms with Crippen LogP contribution in [0.4, 0.5) is 16.4 Å². The van der Waals surface area contributed by atoms with Crippen molar-refractivity contribution in [3.05, 3.63) is 186 Å². The minimum absolute atomic E-state index is 0. The van der Waals surface area contributed by atoms with Crippen LogP contribution in [0.3, 0.4) is 0 Å². The lowest BCUT2D eigenvalue weighted by atomic mass is 10.0. The zero-order chi connectivity index (χ0) is 55.3. The van der Waals surface area contributed by atoms with Crippen LogP contribution >= 0.6 is 23.2 Å². The number of benzene rings is 2. The molecular weight excluding hydrogens is 1000 g/mol. The molecule has 8 aromatic rings. The number of nitrogens with one attached hydrogen (secondary N) is 3. The number of carbonyl (C=O) groups excluding carboxylic acids is 3. The average molecular weight is 1070 g/mol. The topological polar surface area (TPSA) is 252 Å². The smallest absolute Gasteiger partial charge is 0.407 e. The van der Waals surface area contributed by atoms with Crippen LogP contribution in [0.2, 0.25) is 10.0 Å². The van der Waals surface area contributed by atoms with Crippen molar-refractivity contribution in [1.82, 2.24) is 45.9 Å². The predicted molar refractivity (Wildman–Crippen MR) is 305 cm³/mol. The molecule has 0 saturated heterocycles. The van der Waals surface area contributed by atoms with E-state index in [4.69, 9.17) is 51.5 Å². The van der Waals surface area contributed by atoms with Crippen molar-refractivity contribution in [1.29, 1.82) is 0 Å². The van der Waals surface area contributed by atoms with Crippen LogP contribution < -0.4 is 33.2 Å². The minimum Gasteiger partial charge on any atom is -0.444 e. The normalized spacial score (nSPS) is 11.0. The fourth-order valence-electron chi connectivity index (χ4n) is 8.21. The van der Waals surface area contributed by atoms with Gasteiger partial charge < -0.3 is 37.9 Å². The van der Waals surface area contributed by atoms with E-state index in [1.54, 1.807) is 76.5 Å². The van der Waals surface area contributed by atoms with Gasteiger partial charge in [-0.1, -0.05) is 56.6 Å². The van der Waals surface area contributed by atoms with E-state index in [0.29, 0.717) is 82.7 Å². The van der Waals surface area contributed by atoms with E-state index in [-0.39, 0.29) is 32.3 Å². The Hall–Kier alpha value is -7.79. The number of alkyl carbamates (subject to hydrolysis) is 1. The van der Waals surface area contributed by atoms with E-state index >= 15 is 0 Å². The number of aryl methyl sites for hydroxylation is 4. The summed E-state index contributed by atoms with van der Waals surface area (Å²) in [6, 6.07) is 26.2. The number of halogens is 2. The number of nitrogens with two attached hydrogens (primary N) is 3. The van der Waals surface area contributed by atoms with Crippen LogP contribution in [0.5, 0.6) is 0 Å². The second-order valence-corrected chi connectivity index (χ2v) is 19.5. The molecule has 9 N–H and O–H groups in total. The molecule has 6 aromatic heterocycles. The van der Waals surface area contributed by atoms with Crippen molar-refractivity contribution < 1.29 is 20.5 Å². The number of rotatable bonds is 13. The van der Waals surface area contributed by atoms with Gasteiger partial charge in [0.25, 0.3) is 11.8 Å². The second kappa shape index (κ2) is 26.6. The highest BCUT2D eigenvalue weighted by Crippen LogP contribution is 2.23. The molecule has 0 unspecified atom stereocenters. The summed E-state index contributed by atoms with van der Waals surface area (Å²) in [5, 5.41) is 11.7. The number of ether oxygens (including phenoxy) is 1. The molecule has 0 radical (unpaired) electrons. The third-order valence-corrected chi connectivity index (χ3v) is 12.0. The molecule has 16 nitrogen and oxygen atoms in total. The molecule has 0 fully saturated rings. The molecule has 2 aromatic carbocycles. The maximum atomic E-state index is 13.3. The first-order valence-corrected chi connectivity index (χ1v) is 24.9. The Bertz CT molecular complexity index is 3360. The summed E-state index contributed by atoms with van der Waals surface area (Å²) in [4.78, 5) is 65.1. The number of amides is 3. The molecule has 398 valence electrons. The van der Waals surface area contributed by atoms with E-state index in [1.807, 2.05) is 76.2 Å². The van der Waals surface area contributed by atoms with Crippen molar-refractivity contribution in [3.63, 3.8) is 0 Å². The lowest BCUT2D eigenvalue weighted by molar-refractivity contribution is 0.0522. The number of nitrogen functional groups attached to an aromatic ring is 2. The summed E-state index contributed by atoms with van der Waals surface area (Å²) in [6.45, 7) is 16.3. The van der Waals surface area contributed by atoms with Gasteiger partial charge in [-0.25, -0.2) is 14.8 Å². The molecule has 3 amide bonds. The molecule has 0 aliphatic heterocycles. The highest BCUT2D eigenvalue weighted by atomic mass is 35.5. The quantitative estimate of drug-likeness (QED) is 0.0629. The first-order chi connectivity index (χ1) is 36.1. The van der Waals surface area contributed by atoms with Crippen molar-refractivity contribution in [3.8, 4) is 0 Å². The molecule has 18 heteroatoms. The summed E-state index contributed by atoms with van der Waals surface area (Å²) in [6.07, 6.45) is 3.69. The van der Waals surface area contributed by atoms with E-state index in [0.717, 1.165) is 72.3 Å². The van der Waals surface area contributed by atoms with Gasteiger partial charge in [-0.15, -0.1) is 0 Å². The largest absolute Gasteiger partial charge is 0.444 e. The number of hydrogen-bond acceptors (Lipinski definition) is 13. The molecule has 6 heterocycles. The Kier molecular flexibility index (Phi) is 20.1. The third-order valence-electron chi connectivity index (χ3n) is 11.6. The van der Waals surface area contributed by atoms with Crippen molar-refractivity contribution >= 4 is 74.6 Å². The number of nitrogens with zero attached hydrogens (tertiary/aromatic N) is 6. The molecule has 0 aliphatic rings. The fraction of sp³-hybridized carbons (Fsp3) is 0.293. The summed E-state index contributed by atoms with van der Waals surface area (Å²) in [5.74, 6) is 0.446.